The highest BCUT2D eigenvalue weighted by Gasteiger charge is 2.13. The van der Waals surface area contributed by atoms with E-state index in [4.69, 9.17) is 0 Å². The number of unbranched alkanes of at least 4 members (excludes halogenated alkanes) is 2. The minimum atomic E-state index is 1.14. The minimum absolute atomic E-state index is 1.14. The summed E-state index contributed by atoms with van der Waals surface area (Å²) in [5.41, 5.74) is 9.99. The van der Waals surface area contributed by atoms with Gasteiger partial charge in [0, 0.05) is 35.5 Å². The first-order valence-electron chi connectivity index (χ1n) is 13.5. The fourth-order valence-electron chi connectivity index (χ4n) is 4.58. The molecule has 4 aromatic carbocycles. The van der Waals surface area contributed by atoms with Gasteiger partial charge in [-0.2, -0.15) is 0 Å². The topological polar surface area (TPSA) is 6.48 Å². The Hall–Kier alpha value is -3.52. The Labute approximate surface area is 218 Å². The fraction of sp³-hybridized carbons (Fsp3) is 0.294. The molecule has 0 amide bonds. The van der Waals surface area contributed by atoms with E-state index in [0.717, 1.165) is 18.5 Å². The second kappa shape index (κ2) is 12.4. The molecule has 36 heavy (non-hydrogen) atoms. The van der Waals surface area contributed by atoms with Crippen molar-refractivity contribution in [1.82, 2.24) is 0 Å². The third kappa shape index (κ3) is 6.37. The lowest BCUT2D eigenvalue weighted by atomic mass is 10.1. The van der Waals surface area contributed by atoms with E-state index in [9.17, 15) is 0 Å². The van der Waals surface area contributed by atoms with Gasteiger partial charge >= 0.3 is 0 Å². The average Bonchev–Trinajstić information content (AvgIpc) is 2.93. The van der Waals surface area contributed by atoms with Crippen molar-refractivity contribution in [2.24, 2.45) is 0 Å². The van der Waals surface area contributed by atoms with Crippen molar-refractivity contribution in [3.8, 4) is 0 Å². The predicted octanol–water partition coefficient (Wildman–Crippen LogP) is 9.92. The van der Waals surface area contributed by atoms with E-state index in [1.807, 2.05) is 0 Å². The molecular weight excluding hydrogens is 436 g/mol. The largest absolute Gasteiger partial charge is 0.345 e. The Balaban J connectivity index is 1.59. The molecule has 0 aliphatic rings. The highest BCUT2D eigenvalue weighted by atomic mass is 15.1. The van der Waals surface area contributed by atoms with Gasteiger partial charge in [-0.3, -0.25) is 0 Å². The number of anilines is 5. The van der Waals surface area contributed by atoms with E-state index in [0.29, 0.717) is 0 Å². The Bertz CT molecular complexity index is 1190. The van der Waals surface area contributed by atoms with Gasteiger partial charge in [-0.15, -0.1) is 0 Å². The van der Waals surface area contributed by atoms with Crippen LogP contribution in [-0.2, 0) is 12.8 Å². The summed E-state index contributed by atoms with van der Waals surface area (Å²) in [6.45, 7) is 6.63. The van der Waals surface area contributed by atoms with Gasteiger partial charge in [0.15, 0.2) is 0 Å². The number of aryl methyl sites for hydroxylation is 3. The third-order valence-electron chi connectivity index (χ3n) is 6.94. The summed E-state index contributed by atoms with van der Waals surface area (Å²) < 4.78 is 0. The molecule has 0 aliphatic heterocycles. The molecule has 0 radical (unpaired) electrons. The van der Waals surface area contributed by atoms with E-state index >= 15 is 0 Å². The van der Waals surface area contributed by atoms with Crippen LogP contribution in [0, 0.1) is 6.92 Å². The highest BCUT2D eigenvalue weighted by molar-refractivity contribution is 5.78. The Morgan fingerprint density at radius 2 is 0.806 bits per heavy atom. The molecule has 0 spiro atoms. The molecule has 0 aliphatic carbocycles. The molecule has 4 aromatic rings. The second-order valence-corrected chi connectivity index (χ2v) is 9.79. The number of rotatable bonds is 11. The molecule has 0 atom stereocenters. The van der Waals surface area contributed by atoms with E-state index in [1.54, 1.807) is 0 Å². The van der Waals surface area contributed by atoms with Crippen LogP contribution in [0.1, 0.15) is 56.2 Å². The monoisotopic (exact) mass is 476 g/mol. The average molecular weight is 477 g/mol. The molecule has 0 saturated carbocycles. The number of hydrogen-bond acceptors (Lipinski definition) is 2. The van der Waals surface area contributed by atoms with E-state index in [1.165, 1.54) is 65.1 Å². The fourth-order valence-corrected chi connectivity index (χ4v) is 4.58. The van der Waals surface area contributed by atoms with Gasteiger partial charge in [0.2, 0.25) is 0 Å². The summed E-state index contributed by atoms with van der Waals surface area (Å²) in [6, 6.07) is 35.7. The molecular formula is C34H40N2. The molecule has 0 aromatic heterocycles. The van der Waals surface area contributed by atoms with Gasteiger partial charge in [0.1, 0.15) is 0 Å². The third-order valence-corrected chi connectivity index (χ3v) is 6.94. The maximum Gasteiger partial charge on any atom is 0.0463 e. The summed E-state index contributed by atoms with van der Waals surface area (Å²) >= 11 is 0. The molecule has 0 unspecified atom stereocenters. The van der Waals surface area contributed by atoms with Crippen molar-refractivity contribution in [3.05, 3.63) is 114 Å². The Morgan fingerprint density at radius 3 is 1.22 bits per heavy atom. The van der Waals surface area contributed by atoms with Crippen LogP contribution in [0.3, 0.4) is 0 Å². The quantitative estimate of drug-likeness (QED) is 0.212. The van der Waals surface area contributed by atoms with E-state index < -0.39 is 0 Å². The molecule has 0 bridgehead atoms. The van der Waals surface area contributed by atoms with Gasteiger partial charge in [0.05, 0.1) is 0 Å². The Morgan fingerprint density at radius 1 is 0.472 bits per heavy atom. The lowest BCUT2D eigenvalue weighted by Gasteiger charge is -2.27. The van der Waals surface area contributed by atoms with Gasteiger partial charge in [-0.05, 0) is 104 Å². The van der Waals surface area contributed by atoms with Crippen LogP contribution in [0.25, 0.3) is 0 Å². The minimum Gasteiger partial charge on any atom is -0.345 e. The number of benzene rings is 4. The molecule has 186 valence electrons. The standard InChI is InChI=1S/C34H40N2/c1-5-7-9-28-13-19-30(20-14-28)35(4)31-23-25-34(26-24-31)36(32-17-11-27(3)12-18-32)33-21-15-29(16-22-33)10-8-6-2/h11-26H,5-10H2,1-4H3. The van der Waals surface area contributed by atoms with Crippen LogP contribution in [0.15, 0.2) is 97.1 Å². The molecule has 4 rings (SSSR count). The van der Waals surface area contributed by atoms with Gasteiger partial charge < -0.3 is 9.80 Å². The first kappa shape index (κ1) is 25.6. The number of hydrogen-bond donors (Lipinski definition) is 0. The van der Waals surface area contributed by atoms with E-state index in [2.05, 4.69) is 135 Å². The molecule has 0 fully saturated rings. The summed E-state index contributed by atoms with van der Waals surface area (Å²) in [6.07, 6.45) is 7.23. The summed E-state index contributed by atoms with van der Waals surface area (Å²) in [5.74, 6) is 0. The molecule has 2 heteroatoms. The van der Waals surface area contributed by atoms with Crippen LogP contribution in [0.4, 0.5) is 28.4 Å². The summed E-state index contributed by atoms with van der Waals surface area (Å²) in [5, 5.41) is 0. The van der Waals surface area contributed by atoms with Crippen LogP contribution >= 0.6 is 0 Å². The zero-order valence-corrected chi connectivity index (χ0v) is 22.4. The van der Waals surface area contributed by atoms with Crippen molar-refractivity contribution in [2.75, 3.05) is 16.8 Å². The van der Waals surface area contributed by atoms with Crippen LogP contribution in [0.5, 0.6) is 0 Å². The smallest absolute Gasteiger partial charge is 0.0463 e. The van der Waals surface area contributed by atoms with E-state index in [-0.39, 0.29) is 0 Å². The second-order valence-electron chi connectivity index (χ2n) is 9.79. The van der Waals surface area contributed by atoms with Crippen molar-refractivity contribution in [2.45, 2.75) is 59.3 Å². The summed E-state index contributed by atoms with van der Waals surface area (Å²) in [4.78, 5) is 4.60. The first-order chi connectivity index (χ1) is 17.6. The van der Waals surface area contributed by atoms with Crippen molar-refractivity contribution in [1.29, 1.82) is 0 Å². The molecule has 0 N–H and O–H groups in total. The van der Waals surface area contributed by atoms with Crippen molar-refractivity contribution >= 4 is 28.4 Å². The summed E-state index contributed by atoms with van der Waals surface area (Å²) in [7, 11) is 2.14. The normalized spacial score (nSPS) is 10.9. The molecule has 0 saturated heterocycles. The van der Waals surface area contributed by atoms with Gasteiger partial charge in [-0.25, -0.2) is 0 Å². The Kier molecular flexibility index (Phi) is 8.84. The van der Waals surface area contributed by atoms with Crippen molar-refractivity contribution in [3.63, 3.8) is 0 Å². The van der Waals surface area contributed by atoms with Crippen LogP contribution in [-0.4, -0.2) is 7.05 Å². The highest BCUT2D eigenvalue weighted by Crippen LogP contribution is 2.36. The SMILES string of the molecule is CCCCc1ccc(N(C)c2ccc(N(c3ccc(C)cc3)c3ccc(CCCC)cc3)cc2)cc1. The maximum absolute atomic E-state index is 2.34. The zero-order chi connectivity index (χ0) is 25.3. The lowest BCUT2D eigenvalue weighted by Crippen LogP contribution is -2.12. The molecule has 0 heterocycles. The first-order valence-corrected chi connectivity index (χ1v) is 13.5. The van der Waals surface area contributed by atoms with Crippen LogP contribution < -0.4 is 9.80 Å². The molecule has 2 nitrogen and oxygen atoms in total. The maximum atomic E-state index is 2.34. The lowest BCUT2D eigenvalue weighted by molar-refractivity contribution is 0.795. The number of nitrogens with zero attached hydrogens (tertiary/aromatic N) is 2. The zero-order valence-electron chi connectivity index (χ0n) is 22.4. The van der Waals surface area contributed by atoms with Gasteiger partial charge in [0.25, 0.3) is 0 Å². The van der Waals surface area contributed by atoms with Crippen molar-refractivity contribution < 1.29 is 0 Å². The van der Waals surface area contributed by atoms with Gasteiger partial charge in [-0.1, -0.05) is 68.7 Å². The van der Waals surface area contributed by atoms with Crippen LogP contribution in [0.2, 0.25) is 0 Å². The predicted molar refractivity (Wildman–Crippen MR) is 158 cm³/mol.